The van der Waals surface area contributed by atoms with Gasteiger partial charge in [-0.25, -0.2) is 22.8 Å². The van der Waals surface area contributed by atoms with Crippen LogP contribution < -0.4 is 4.74 Å². The van der Waals surface area contributed by atoms with Crippen LogP contribution in [0.3, 0.4) is 0 Å². The molecule has 0 atom stereocenters. The number of halogens is 4. The number of aliphatic hydroxyl groups is 1. The molecule has 8 nitrogen and oxygen atoms in total. The van der Waals surface area contributed by atoms with Crippen LogP contribution >= 0.6 is 0 Å². The van der Waals surface area contributed by atoms with Gasteiger partial charge < -0.3 is 18.8 Å². The molecule has 2 heterocycles. The van der Waals surface area contributed by atoms with Gasteiger partial charge in [0.1, 0.15) is 23.1 Å². The summed E-state index contributed by atoms with van der Waals surface area (Å²) in [7, 11) is -3.89. The zero-order valence-corrected chi connectivity index (χ0v) is 24.1. The number of ether oxygens (including phenoxy) is 1. The van der Waals surface area contributed by atoms with Gasteiger partial charge >= 0.3 is 6.36 Å². The first-order chi connectivity index (χ1) is 20.1. The van der Waals surface area contributed by atoms with Gasteiger partial charge in [-0.3, -0.25) is 0 Å². The Morgan fingerprint density at radius 1 is 0.953 bits per heavy atom. The fourth-order valence-corrected chi connectivity index (χ4v) is 5.80. The number of rotatable bonds is 7. The highest BCUT2D eigenvalue weighted by Gasteiger charge is 2.31. The van der Waals surface area contributed by atoms with E-state index >= 15 is 4.39 Å². The van der Waals surface area contributed by atoms with E-state index in [1.165, 1.54) is 18.2 Å². The molecule has 0 aliphatic heterocycles. The predicted molar refractivity (Wildman–Crippen MR) is 150 cm³/mol. The highest BCUT2D eigenvalue weighted by molar-refractivity contribution is 7.90. The van der Waals surface area contributed by atoms with Crippen molar-refractivity contribution in [2.75, 3.05) is 6.26 Å². The van der Waals surface area contributed by atoms with Crippen molar-refractivity contribution in [2.24, 2.45) is 0 Å². The number of aryl methyl sites for hydroxylation is 3. The zero-order valence-electron chi connectivity index (χ0n) is 23.3. The molecule has 0 amide bonds. The van der Waals surface area contributed by atoms with Crippen molar-refractivity contribution >= 4 is 9.84 Å². The van der Waals surface area contributed by atoms with Gasteiger partial charge in [0.05, 0.1) is 22.9 Å². The molecular formula is C30H25F4N3O5S. The van der Waals surface area contributed by atoms with Crippen LogP contribution in [0.5, 0.6) is 5.75 Å². The lowest BCUT2D eigenvalue weighted by molar-refractivity contribution is -0.274. The van der Waals surface area contributed by atoms with Crippen LogP contribution in [0, 0.1) is 26.6 Å². The molecule has 0 bridgehead atoms. The maximum Gasteiger partial charge on any atom is 0.573 e. The van der Waals surface area contributed by atoms with Crippen molar-refractivity contribution in [1.29, 1.82) is 0 Å². The monoisotopic (exact) mass is 615 g/mol. The molecule has 0 radical (unpaired) electrons. The topological polar surface area (TPSA) is 107 Å². The number of aliphatic hydroxyl groups excluding tert-OH is 1. The maximum atomic E-state index is 15.0. The number of imidazole rings is 1. The van der Waals surface area contributed by atoms with Crippen LogP contribution in [0.15, 0.2) is 70.1 Å². The van der Waals surface area contributed by atoms with E-state index in [1.807, 2.05) is 11.5 Å². The number of oxazole rings is 1. The highest BCUT2D eigenvalue weighted by Crippen LogP contribution is 2.40. The van der Waals surface area contributed by atoms with E-state index in [1.54, 1.807) is 38.2 Å². The van der Waals surface area contributed by atoms with E-state index in [0.29, 0.717) is 33.9 Å². The van der Waals surface area contributed by atoms with Crippen LogP contribution in [0.25, 0.3) is 39.4 Å². The molecule has 2 aromatic heterocycles. The Hall–Kier alpha value is -4.49. The lowest BCUT2D eigenvalue weighted by atomic mass is 9.97. The van der Waals surface area contributed by atoms with Crippen molar-refractivity contribution in [1.82, 2.24) is 14.5 Å². The molecule has 13 heteroatoms. The van der Waals surface area contributed by atoms with Crippen molar-refractivity contribution in [3.05, 3.63) is 89.6 Å². The minimum Gasteiger partial charge on any atom is -0.440 e. The van der Waals surface area contributed by atoms with Crippen LogP contribution in [0.2, 0.25) is 0 Å². The summed E-state index contributed by atoms with van der Waals surface area (Å²) in [6, 6.07) is 12.7. The SMILES string of the molecule is Cc1cn(-c2ccc(-c3cc(F)c(CO)c(S(C)(=O)=O)c3)cc2-c2oc(C)nc2-c2ccc(OC(F)(F)F)cc2)c(C)n1. The Labute approximate surface area is 244 Å². The van der Waals surface area contributed by atoms with Gasteiger partial charge in [-0.05, 0) is 73.5 Å². The molecule has 5 aromatic rings. The minimum absolute atomic E-state index is 0.230. The summed E-state index contributed by atoms with van der Waals surface area (Å²) in [5.41, 5.74) is 2.89. The number of sulfone groups is 1. The fraction of sp³-hybridized carbons (Fsp3) is 0.200. The van der Waals surface area contributed by atoms with Crippen molar-refractivity contribution < 1.29 is 40.2 Å². The van der Waals surface area contributed by atoms with Crippen molar-refractivity contribution in [3.63, 3.8) is 0 Å². The molecule has 0 spiro atoms. The Kier molecular flexibility index (Phi) is 7.65. The van der Waals surface area contributed by atoms with Gasteiger partial charge in [-0.1, -0.05) is 6.07 Å². The second-order valence-electron chi connectivity index (χ2n) is 9.88. The average molecular weight is 616 g/mol. The van der Waals surface area contributed by atoms with Crippen molar-refractivity contribution in [3.8, 4) is 45.1 Å². The Morgan fingerprint density at radius 2 is 1.63 bits per heavy atom. The third-order valence-corrected chi connectivity index (χ3v) is 7.81. The summed E-state index contributed by atoms with van der Waals surface area (Å²) in [5.74, 6) is -0.103. The summed E-state index contributed by atoms with van der Waals surface area (Å²) in [6.07, 6.45) is -2.12. The van der Waals surface area contributed by atoms with Crippen LogP contribution in [-0.2, 0) is 16.4 Å². The van der Waals surface area contributed by atoms with Gasteiger partial charge in [0.2, 0.25) is 0 Å². The number of nitrogens with zero attached hydrogens (tertiary/aromatic N) is 3. The third kappa shape index (κ3) is 6.18. The molecule has 3 aromatic carbocycles. The van der Waals surface area contributed by atoms with Crippen LogP contribution in [0.1, 0.15) is 23.0 Å². The van der Waals surface area contributed by atoms with E-state index in [-0.39, 0.29) is 27.7 Å². The number of hydrogen-bond acceptors (Lipinski definition) is 7. The lowest BCUT2D eigenvalue weighted by Crippen LogP contribution is -2.16. The van der Waals surface area contributed by atoms with E-state index in [4.69, 9.17) is 4.42 Å². The summed E-state index contributed by atoms with van der Waals surface area (Å²) in [4.78, 5) is 8.62. The summed E-state index contributed by atoms with van der Waals surface area (Å²) >= 11 is 0. The quantitative estimate of drug-likeness (QED) is 0.203. The Bertz CT molecular complexity index is 1950. The van der Waals surface area contributed by atoms with E-state index in [0.717, 1.165) is 30.1 Å². The Morgan fingerprint density at radius 3 is 2.21 bits per heavy atom. The lowest BCUT2D eigenvalue weighted by Gasteiger charge is -2.15. The standard InChI is InChI=1S/C30H25F4N3O5S/c1-16-14-37(17(2)35-16)26-10-7-20(21-12-25(31)24(15-38)27(13-21)43(4,39)40)11-23(26)29-28(36-18(3)41-29)19-5-8-22(9-6-19)42-30(32,33)34/h5-14,38H,15H2,1-4H3. The maximum absolute atomic E-state index is 15.0. The molecule has 5 rings (SSSR count). The second-order valence-corrected chi connectivity index (χ2v) is 11.9. The van der Waals surface area contributed by atoms with Crippen LogP contribution in [-0.4, -0.2) is 40.7 Å². The number of hydrogen-bond donors (Lipinski definition) is 1. The van der Waals surface area contributed by atoms with Gasteiger partial charge in [0.15, 0.2) is 21.5 Å². The molecule has 0 fully saturated rings. The summed E-state index contributed by atoms with van der Waals surface area (Å²) in [6.45, 7) is 4.44. The first-order valence-electron chi connectivity index (χ1n) is 12.8. The second kappa shape index (κ2) is 11.0. The minimum atomic E-state index is -4.85. The Balaban J connectivity index is 1.73. The molecule has 0 unspecified atom stereocenters. The van der Waals surface area contributed by atoms with Gasteiger partial charge in [-0.15, -0.1) is 13.2 Å². The van der Waals surface area contributed by atoms with Crippen molar-refractivity contribution in [2.45, 2.75) is 38.6 Å². The molecule has 1 N–H and O–H groups in total. The molecular weight excluding hydrogens is 590 g/mol. The zero-order chi connectivity index (χ0) is 31.3. The summed E-state index contributed by atoms with van der Waals surface area (Å²) < 4.78 is 89.9. The number of benzene rings is 3. The first-order valence-corrected chi connectivity index (χ1v) is 14.7. The first kappa shape index (κ1) is 30.0. The molecule has 43 heavy (non-hydrogen) atoms. The van der Waals surface area contributed by atoms with Gasteiger partial charge in [-0.2, -0.15) is 0 Å². The van der Waals surface area contributed by atoms with Crippen LogP contribution in [0.4, 0.5) is 17.6 Å². The highest BCUT2D eigenvalue weighted by atomic mass is 32.2. The largest absolute Gasteiger partial charge is 0.573 e. The third-order valence-electron chi connectivity index (χ3n) is 6.64. The normalized spacial score (nSPS) is 12.1. The summed E-state index contributed by atoms with van der Waals surface area (Å²) in [5, 5.41) is 9.63. The molecule has 0 saturated carbocycles. The molecule has 0 aliphatic carbocycles. The smallest absolute Gasteiger partial charge is 0.440 e. The van der Waals surface area contributed by atoms with E-state index in [2.05, 4.69) is 14.7 Å². The molecule has 0 aliphatic rings. The van der Waals surface area contributed by atoms with E-state index in [9.17, 15) is 26.7 Å². The predicted octanol–water partition coefficient (Wildman–Crippen LogP) is 6.72. The molecule has 224 valence electrons. The number of alkyl halides is 3. The van der Waals surface area contributed by atoms with Gasteiger partial charge in [0, 0.05) is 36.1 Å². The fourth-order valence-electron chi connectivity index (χ4n) is 4.85. The van der Waals surface area contributed by atoms with Gasteiger partial charge in [0.25, 0.3) is 0 Å². The molecule has 0 saturated heterocycles. The average Bonchev–Trinajstić information content (AvgIpc) is 3.47. The van der Waals surface area contributed by atoms with E-state index < -0.39 is 34.4 Å². The number of aromatic nitrogens is 3.